The molecule has 2 rings (SSSR count). The second kappa shape index (κ2) is 7.28. The van der Waals surface area contributed by atoms with Gasteiger partial charge < -0.3 is 19.3 Å². The van der Waals surface area contributed by atoms with Gasteiger partial charge in [0.15, 0.2) is 0 Å². The Bertz CT molecular complexity index is 425. The van der Waals surface area contributed by atoms with Crippen molar-refractivity contribution in [1.82, 2.24) is 10.5 Å². The van der Waals surface area contributed by atoms with Crippen LogP contribution >= 0.6 is 0 Å². The Morgan fingerprint density at radius 3 is 3.15 bits per heavy atom. The van der Waals surface area contributed by atoms with E-state index in [1.807, 2.05) is 13.8 Å². The smallest absolute Gasteiger partial charge is 0.254 e. The molecule has 0 bridgehead atoms. The number of aromatic nitrogens is 1. The molecule has 1 fully saturated rings. The van der Waals surface area contributed by atoms with Crippen LogP contribution in [0.3, 0.4) is 0 Å². The number of amides is 1. The number of carbonyl (C=O) groups is 1. The van der Waals surface area contributed by atoms with Crippen LogP contribution in [0.25, 0.3) is 0 Å². The molecule has 1 aliphatic heterocycles. The van der Waals surface area contributed by atoms with Gasteiger partial charge in [-0.15, -0.1) is 0 Å². The lowest BCUT2D eigenvalue weighted by Gasteiger charge is -2.22. The molecule has 0 aromatic carbocycles. The van der Waals surface area contributed by atoms with Crippen LogP contribution in [-0.4, -0.2) is 36.4 Å². The lowest BCUT2D eigenvalue weighted by atomic mass is 10.1. The second-order valence-corrected chi connectivity index (χ2v) is 5.28. The van der Waals surface area contributed by atoms with E-state index in [9.17, 15) is 4.79 Å². The van der Waals surface area contributed by atoms with Gasteiger partial charge in [-0.05, 0) is 31.8 Å². The van der Waals surface area contributed by atoms with E-state index in [4.69, 9.17) is 14.0 Å². The van der Waals surface area contributed by atoms with Gasteiger partial charge in [-0.1, -0.05) is 0 Å². The first-order valence-electron chi connectivity index (χ1n) is 7.13. The number of ether oxygens (including phenoxy) is 2. The summed E-state index contributed by atoms with van der Waals surface area (Å²) >= 11 is 0. The number of hydrogen-bond acceptors (Lipinski definition) is 5. The number of rotatable bonds is 6. The Kier molecular flexibility index (Phi) is 5.40. The second-order valence-electron chi connectivity index (χ2n) is 5.28. The van der Waals surface area contributed by atoms with E-state index in [1.165, 1.54) is 0 Å². The predicted molar refractivity (Wildman–Crippen MR) is 72.6 cm³/mol. The van der Waals surface area contributed by atoms with E-state index in [1.54, 1.807) is 6.07 Å². The highest BCUT2D eigenvalue weighted by atomic mass is 16.5. The van der Waals surface area contributed by atoms with E-state index in [0.29, 0.717) is 31.1 Å². The Hall–Kier alpha value is -1.56. The van der Waals surface area contributed by atoms with Gasteiger partial charge in [0.05, 0.1) is 18.8 Å². The van der Waals surface area contributed by atoms with E-state index in [0.717, 1.165) is 19.4 Å². The minimum absolute atomic E-state index is 0.0169. The maximum atomic E-state index is 11.8. The fourth-order valence-electron chi connectivity index (χ4n) is 2.10. The Morgan fingerprint density at radius 1 is 1.60 bits per heavy atom. The standard InChI is InChI=1S/C14H22N2O4/c1-10(2)19-14-8-12(20-16-14)5-6-13(17)15-11-4-3-7-18-9-11/h8,10-11H,3-7,9H2,1-2H3,(H,15,17). The predicted octanol–water partition coefficient (Wildman–Crippen LogP) is 1.69. The van der Waals surface area contributed by atoms with Crippen molar-refractivity contribution in [1.29, 1.82) is 0 Å². The summed E-state index contributed by atoms with van der Waals surface area (Å²) in [6.07, 6.45) is 2.95. The summed E-state index contributed by atoms with van der Waals surface area (Å²) in [7, 11) is 0. The van der Waals surface area contributed by atoms with Crippen molar-refractivity contribution < 1.29 is 18.8 Å². The molecule has 0 saturated carbocycles. The average molecular weight is 282 g/mol. The number of hydrogen-bond donors (Lipinski definition) is 1. The van der Waals surface area contributed by atoms with Crippen molar-refractivity contribution in [3.8, 4) is 5.88 Å². The van der Waals surface area contributed by atoms with Crippen molar-refractivity contribution >= 4 is 5.91 Å². The highest BCUT2D eigenvalue weighted by Gasteiger charge is 2.16. The topological polar surface area (TPSA) is 73.6 Å². The number of nitrogens with one attached hydrogen (secondary N) is 1. The first kappa shape index (κ1) is 14.8. The molecule has 2 heterocycles. The highest BCUT2D eigenvalue weighted by molar-refractivity contribution is 5.76. The van der Waals surface area contributed by atoms with Crippen LogP contribution in [0.2, 0.25) is 0 Å². The van der Waals surface area contributed by atoms with Crippen molar-refractivity contribution in [2.75, 3.05) is 13.2 Å². The van der Waals surface area contributed by atoms with Crippen LogP contribution in [0.1, 0.15) is 38.9 Å². The van der Waals surface area contributed by atoms with Crippen LogP contribution in [0.4, 0.5) is 0 Å². The van der Waals surface area contributed by atoms with Gasteiger partial charge in [0.2, 0.25) is 5.91 Å². The molecule has 6 nitrogen and oxygen atoms in total. The van der Waals surface area contributed by atoms with Crippen molar-refractivity contribution in [3.63, 3.8) is 0 Å². The van der Waals surface area contributed by atoms with Crippen molar-refractivity contribution in [2.45, 2.75) is 51.7 Å². The normalized spacial score (nSPS) is 19.1. The Morgan fingerprint density at radius 2 is 2.45 bits per heavy atom. The summed E-state index contributed by atoms with van der Waals surface area (Å²) in [5.41, 5.74) is 0. The fourth-order valence-corrected chi connectivity index (χ4v) is 2.10. The molecule has 1 aromatic rings. The van der Waals surface area contributed by atoms with E-state index in [2.05, 4.69) is 10.5 Å². The molecule has 0 spiro atoms. The number of aryl methyl sites for hydroxylation is 1. The summed E-state index contributed by atoms with van der Waals surface area (Å²) in [6.45, 7) is 5.26. The van der Waals surface area contributed by atoms with Gasteiger partial charge in [-0.3, -0.25) is 4.79 Å². The zero-order valence-corrected chi connectivity index (χ0v) is 12.1. The molecule has 1 saturated heterocycles. The maximum Gasteiger partial charge on any atom is 0.254 e. The quantitative estimate of drug-likeness (QED) is 0.859. The molecule has 6 heteroatoms. The molecule has 20 heavy (non-hydrogen) atoms. The largest absolute Gasteiger partial charge is 0.473 e. The van der Waals surface area contributed by atoms with E-state index < -0.39 is 0 Å². The summed E-state index contributed by atoms with van der Waals surface area (Å²) in [6, 6.07) is 1.88. The molecule has 0 aliphatic carbocycles. The van der Waals surface area contributed by atoms with Crippen molar-refractivity contribution in [2.24, 2.45) is 0 Å². The lowest BCUT2D eigenvalue weighted by Crippen LogP contribution is -2.40. The zero-order chi connectivity index (χ0) is 14.4. The molecule has 1 aliphatic rings. The van der Waals surface area contributed by atoms with Crippen LogP contribution in [0, 0.1) is 0 Å². The molecular weight excluding hydrogens is 260 g/mol. The van der Waals surface area contributed by atoms with E-state index >= 15 is 0 Å². The number of carbonyl (C=O) groups excluding carboxylic acids is 1. The van der Waals surface area contributed by atoms with Gasteiger partial charge in [-0.25, -0.2) is 0 Å². The molecule has 1 unspecified atom stereocenters. The molecular formula is C14H22N2O4. The maximum absolute atomic E-state index is 11.8. The third-order valence-corrected chi connectivity index (χ3v) is 3.02. The van der Waals surface area contributed by atoms with Gasteiger partial charge >= 0.3 is 0 Å². The lowest BCUT2D eigenvalue weighted by molar-refractivity contribution is -0.122. The van der Waals surface area contributed by atoms with Crippen LogP contribution in [0.15, 0.2) is 10.6 Å². The van der Waals surface area contributed by atoms with Gasteiger partial charge in [0.25, 0.3) is 5.88 Å². The molecule has 1 N–H and O–H groups in total. The van der Waals surface area contributed by atoms with Gasteiger partial charge in [0.1, 0.15) is 5.76 Å². The third-order valence-electron chi connectivity index (χ3n) is 3.02. The number of nitrogens with zero attached hydrogens (tertiary/aromatic N) is 1. The summed E-state index contributed by atoms with van der Waals surface area (Å²) < 4.78 is 15.9. The Labute approximate surface area is 118 Å². The van der Waals surface area contributed by atoms with Crippen LogP contribution < -0.4 is 10.1 Å². The fraction of sp³-hybridized carbons (Fsp3) is 0.714. The Balaban J connectivity index is 1.71. The monoisotopic (exact) mass is 282 g/mol. The van der Waals surface area contributed by atoms with Crippen LogP contribution in [0.5, 0.6) is 5.88 Å². The minimum Gasteiger partial charge on any atom is -0.473 e. The molecule has 0 radical (unpaired) electrons. The van der Waals surface area contributed by atoms with Crippen molar-refractivity contribution in [3.05, 3.63) is 11.8 Å². The zero-order valence-electron chi connectivity index (χ0n) is 12.1. The molecule has 1 aromatic heterocycles. The van der Waals surface area contributed by atoms with Gasteiger partial charge in [0, 0.05) is 25.5 Å². The highest BCUT2D eigenvalue weighted by Crippen LogP contribution is 2.14. The van der Waals surface area contributed by atoms with E-state index in [-0.39, 0.29) is 18.1 Å². The summed E-state index contributed by atoms with van der Waals surface area (Å²) in [4.78, 5) is 11.8. The first-order valence-corrected chi connectivity index (χ1v) is 7.13. The third kappa shape index (κ3) is 4.85. The minimum atomic E-state index is 0.0169. The SMILES string of the molecule is CC(C)Oc1cc(CCC(=O)NC2CCCOC2)on1. The molecule has 112 valence electrons. The summed E-state index contributed by atoms with van der Waals surface area (Å²) in [5, 5.41) is 6.77. The first-order chi connectivity index (χ1) is 9.63. The molecule has 1 atom stereocenters. The average Bonchev–Trinajstić information content (AvgIpc) is 2.84. The molecule has 1 amide bonds. The van der Waals surface area contributed by atoms with Gasteiger partial charge in [-0.2, -0.15) is 0 Å². The summed E-state index contributed by atoms with van der Waals surface area (Å²) in [5.74, 6) is 1.15. The van der Waals surface area contributed by atoms with Crippen LogP contribution in [-0.2, 0) is 16.0 Å².